The van der Waals surface area contributed by atoms with Crippen LogP contribution in [0.5, 0.6) is 5.75 Å². The zero-order valence-corrected chi connectivity index (χ0v) is 15.9. The molecule has 4 heteroatoms. The summed E-state index contributed by atoms with van der Waals surface area (Å²) in [6.07, 6.45) is 4.13. The van der Waals surface area contributed by atoms with Crippen molar-refractivity contribution >= 4 is 23.2 Å². The van der Waals surface area contributed by atoms with E-state index < -0.39 is 0 Å². The number of phenols is 1. The van der Waals surface area contributed by atoms with Gasteiger partial charge in [0.15, 0.2) is 0 Å². The zero-order chi connectivity index (χ0) is 18.0. The quantitative estimate of drug-likeness (QED) is 0.712. The predicted molar refractivity (Wildman–Crippen MR) is 104 cm³/mol. The Balaban J connectivity index is 1.73. The van der Waals surface area contributed by atoms with Crippen LogP contribution in [0.1, 0.15) is 41.5 Å². The van der Waals surface area contributed by atoms with Gasteiger partial charge in [0.25, 0.3) is 0 Å². The Morgan fingerprint density at radius 2 is 1.80 bits per heavy atom. The molecule has 0 heterocycles. The molecule has 0 bridgehead atoms. The van der Waals surface area contributed by atoms with Crippen LogP contribution in [0.4, 0.5) is 0 Å². The van der Waals surface area contributed by atoms with Crippen LogP contribution in [-0.4, -0.2) is 21.7 Å². The molecule has 134 valence electrons. The summed E-state index contributed by atoms with van der Waals surface area (Å²) in [6.45, 7) is 2.12. The van der Waals surface area contributed by atoms with Gasteiger partial charge in [-0.2, -0.15) is 0 Å². The van der Waals surface area contributed by atoms with Gasteiger partial charge in [0, 0.05) is 0 Å². The van der Waals surface area contributed by atoms with Crippen molar-refractivity contribution in [3.63, 3.8) is 0 Å². The topological polar surface area (TPSA) is 40.5 Å². The molecular formula is C21H24Cl2O2. The van der Waals surface area contributed by atoms with Gasteiger partial charge >= 0.3 is 0 Å². The van der Waals surface area contributed by atoms with E-state index in [9.17, 15) is 10.2 Å². The lowest BCUT2D eigenvalue weighted by Crippen LogP contribution is -2.30. The molecule has 1 fully saturated rings. The van der Waals surface area contributed by atoms with E-state index >= 15 is 0 Å². The first kappa shape index (κ1) is 18.6. The fourth-order valence-electron chi connectivity index (χ4n) is 3.76. The van der Waals surface area contributed by atoms with Crippen LogP contribution < -0.4 is 0 Å². The summed E-state index contributed by atoms with van der Waals surface area (Å²) < 4.78 is 0. The smallest absolute Gasteiger partial charge is 0.134 e. The van der Waals surface area contributed by atoms with E-state index in [0.29, 0.717) is 10.9 Å². The molecule has 25 heavy (non-hydrogen) atoms. The zero-order valence-electron chi connectivity index (χ0n) is 14.4. The molecule has 3 unspecified atom stereocenters. The number of halogens is 2. The summed E-state index contributed by atoms with van der Waals surface area (Å²) in [7, 11) is 0. The number of hydrogen-bond donors (Lipinski definition) is 2. The third kappa shape index (κ3) is 4.91. The number of benzene rings is 2. The van der Waals surface area contributed by atoms with Crippen LogP contribution in [0.15, 0.2) is 36.4 Å². The normalized spacial score (nSPS) is 23.6. The second-order valence-corrected chi connectivity index (χ2v) is 8.22. The van der Waals surface area contributed by atoms with E-state index in [1.165, 1.54) is 16.7 Å². The SMILES string of the molecule is Cc1cc(Cc2ccc(O)c(Cl)c2)cc(CC2CCC(O)C(Cl)C2)c1. The second-order valence-electron chi connectivity index (χ2n) is 7.26. The number of rotatable bonds is 4. The Labute approximate surface area is 159 Å². The highest BCUT2D eigenvalue weighted by Crippen LogP contribution is 2.31. The van der Waals surface area contributed by atoms with Crippen LogP contribution in [-0.2, 0) is 12.8 Å². The summed E-state index contributed by atoms with van der Waals surface area (Å²) in [5, 5.41) is 19.6. The molecule has 0 amide bonds. The molecule has 0 aromatic heterocycles. The average Bonchev–Trinajstić information content (AvgIpc) is 2.54. The maximum absolute atomic E-state index is 9.80. The van der Waals surface area contributed by atoms with Crippen LogP contribution in [0.3, 0.4) is 0 Å². The first-order chi connectivity index (χ1) is 11.9. The van der Waals surface area contributed by atoms with Gasteiger partial charge in [-0.3, -0.25) is 0 Å². The van der Waals surface area contributed by atoms with Gasteiger partial charge in [0.1, 0.15) is 5.75 Å². The van der Waals surface area contributed by atoms with Crippen LogP contribution in [0.2, 0.25) is 5.02 Å². The number of aliphatic hydroxyl groups is 1. The Hall–Kier alpha value is -1.22. The summed E-state index contributed by atoms with van der Waals surface area (Å²) in [5.74, 6) is 0.647. The molecular weight excluding hydrogens is 355 g/mol. The lowest BCUT2D eigenvalue weighted by Gasteiger charge is -2.29. The molecule has 1 aliphatic carbocycles. The number of alkyl halides is 1. The van der Waals surface area contributed by atoms with Crippen molar-refractivity contribution in [3.8, 4) is 5.75 Å². The first-order valence-electron chi connectivity index (χ1n) is 8.79. The summed E-state index contributed by atoms with van der Waals surface area (Å²) in [5.41, 5.74) is 4.90. The third-order valence-corrected chi connectivity index (χ3v) is 5.76. The van der Waals surface area contributed by atoms with E-state index in [2.05, 4.69) is 25.1 Å². The Morgan fingerprint density at radius 3 is 2.52 bits per heavy atom. The van der Waals surface area contributed by atoms with Crippen molar-refractivity contribution < 1.29 is 10.2 Å². The van der Waals surface area contributed by atoms with Gasteiger partial charge in [-0.25, -0.2) is 0 Å². The highest BCUT2D eigenvalue weighted by Gasteiger charge is 2.27. The van der Waals surface area contributed by atoms with Gasteiger partial charge < -0.3 is 10.2 Å². The first-order valence-corrected chi connectivity index (χ1v) is 9.61. The Morgan fingerprint density at radius 1 is 1.04 bits per heavy atom. The summed E-state index contributed by atoms with van der Waals surface area (Å²) in [4.78, 5) is 0. The van der Waals surface area contributed by atoms with Crippen molar-refractivity contribution in [2.24, 2.45) is 5.92 Å². The standard InChI is InChI=1S/C21H24Cl2O2/c1-13-6-16(8-14-2-4-20(24)18(22)11-14)10-17(7-13)9-15-3-5-21(25)19(23)12-15/h2,4,6-7,10-11,15,19,21,24-25H,3,5,8-9,12H2,1H3. The van der Waals surface area contributed by atoms with E-state index in [0.717, 1.165) is 37.7 Å². The highest BCUT2D eigenvalue weighted by molar-refractivity contribution is 6.32. The fourth-order valence-corrected chi connectivity index (χ4v) is 4.34. The van der Waals surface area contributed by atoms with E-state index in [1.807, 2.05) is 12.1 Å². The van der Waals surface area contributed by atoms with Crippen LogP contribution in [0, 0.1) is 12.8 Å². The third-order valence-electron chi connectivity index (χ3n) is 4.99. The molecule has 1 aliphatic rings. The Kier molecular flexibility index (Phi) is 5.93. The number of aromatic hydroxyl groups is 1. The molecule has 3 atom stereocenters. The second kappa shape index (κ2) is 7.99. The van der Waals surface area contributed by atoms with Gasteiger partial charge in [-0.15, -0.1) is 11.6 Å². The monoisotopic (exact) mass is 378 g/mol. The minimum Gasteiger partial charge on any atom is -0.506 e. The summed E-state index contributed by atoms with van der Waals surface area (Å²) >= 11 is 12.3. The molecule has 2 nitrogen and oxygen atoms in total. The lowest BCUT2D eigenvalue weighted by atomic mass is 9.82. The molecule has 2 aromatic rings. The molecule has 2 aromatic carbocycles. The molecule has 1 saturated carbocycles. The van der Waals surface area contributed by atoms with Gasteiger partial charge in [-0.1, -0.05) is 41.4 Å². The number of hydrogen-bond acceptors (Lipinski definition) is 2. The van der Waals surface area contributed by atoms with E-state index in [4.69, 9.17) is 23.2 Å². The number of aliphatic hydroxyl groups excluding tert-OH is 1. The van der Waals surface area contributed by atoms with Gasteiger partial charge in [0.05, 0.1) is 16.5 Å². The fraction of sp³-hybridized carbons (Fsp3) is 0.429. The average molecular weight is 379 g/mol. The molecule has 0 spiro atoms. The maximum Gasteiger partial charge on any atom is 0.134 e. The molecule has 3 rings (SSSR count). The molecule has 0 aliphatic heterocycles. The van der Waals surface area contributed by atoms with Crippen molar-refractivity contribution in [2.45, 2.75) is 50.5 Å². The van der Waals surface area contributed by atoms with Crippen LogP contribution >= 0.6 is 23.2 Å². The van der Waals surface area contributed by atoms with Crippen molar-refractivity contribution in [1.29, 1.82) is 0 Å². The van der Waals surface area contributed by atoms with Gasteiger partial charge in [0.2, 0.25) is 0 Å². The lowest BCUT2D eigenvalue weighted by molar-refractivity contribution is 0.113. The number of phenolic OH excluding ortho intramolecular Hbond substituents is 1. The maximum atomic E-state index is 9.80. The van der Waals surface area contributed by atoms with Crippen LogP contribution in [0.25, 0.3) is 0 Å². The van der Waals surface area contributed by atoms with Crippen molar-refractivity contribution in [3.05, 3.63) is 63.7 Å². The molecule has 0 saturated heterocycles. The largest absolute Gasteiger partial charge is 0.506 e. The van der Waals surface area contributed by atoms with Gasteiger partial charge in [-0.05, 0) is 73.8 Å². The molecule has 0 radical (unpaired) electrons. The number of aryl methyl sites for hydroxylation is 1. The summed E-state index contributed by atoms with van der Waals surface area (Å²) in [6, 6.07) is 12.1. The van der Waals surface area contributed by atoms with Crippen molar-refractivity contribution in [1.82, 2.24) is 0 Å². The predicted octanol–water partition coefficient (Wildman–Crippen LogP) is 5.26. The van der Waals surface area contributed by atoms with E-state index in [1.54, 1.807) is 6.07 Å². The minimum absolute atomic E-state index is 0.116. The highest BCUT2D eigenvalue weighted by atomic mass is 35.5. The Bertz CT molecular complexity index is 745. The minimum atomic E-state index is -0.356. The van der Waals surface area contributed by atoms with Crippen molar-refractivity contribution in [2.75, 3.05) is 0 Å². The van der Waals surface area contributed by atoms with E-state index in [-0.39, 0.29) is 17.2 Å². The molecule has 2 N–H and O–H groups in total.